The number of nitrogens with zero attached hydrogens (tertiary/aromatic N) is 2. The number of phenols is 1. The third kappa shape index (κ3) is 8.11. The Morgan fingerprint density at radius 3 is 2.59 bits per heavy atom. The van der Waals surface area contributed by atoms with E-state index in [1.165, 1.54) is 25.2 Å². The van der Waals surface area contributed by atoms with Crippen molar-refractivity contribution < 1.29 is 34.1 Å². The minimum atomic E-state index is -1.28. The molecule has 210 valence electrons. The van der Waals surface area contributed by atoms with E-state index in [0.717, 1.165) is 6.42 Å². The van der Waals surface area contributed by atoms with Gasteiger partial charge in [-0.15, -0.1) is 4.41 Å². The van der Waals surface area contributed by atoms with Crippen molar-refractivity contribution in [3.8, 4) is 17.2 Å². The summed E-state index contributed by atoms with van der Waals surface area (Å²) < 4.78 is 12.6. The van der Waals surface area contributed by atoms with Gasteiger partial charge in [0.25, 0.3) is 0 Å². The van der Waals surface area contributed by atoms with Crippen LogP contribution in [-0.2, 0) is 22.4 Å². The molecule has 12 heteroatoms. The molecule has 0 saturated heterocycles. The molecular weight excluding hydrogens is 524 g/mol. The van der Waals surface area contributed by atoms with Crippen molar-refractivity contribution in [1.82, 2.24) is 15.2 Å². The van der Waals surface area contributed by atoms with Crippen LogP contribution in [0.1, 0.15) is 48.2 Å². The number of carbonyl (C=O) groups is 3. The number of ketones is 1. The summed E-state index contributed by atoms with van der Waals surface area (Å²) in [6.45, 7) is 3.77. The second kappa shape index (κ2) is 14.4. The minimum Gasteiger partial charge on any atom is -0.507 e. The second-order valence-corrected chi connectivity index (χ2v) is 9.90. The van der Waals surface area contributed by atoms with E-state index in [1.807, 2.05) is 6.92 Å². The summed E-state index contributed by atoms with van der Waals surface area (Å²) in [6.07, 6.45) is 2.71. The van der Waals surface area contributed by atoms with Gasteiger partial charge in [-0.1, -0.05) is 37.4 Å². The summed E-state index contributed by atoms with van der Waals surface area (Å²) in [4.78, 5) is 40.6. The second-order valence-electron chi connectivity index (χ2n) is 8.84. The van der Waals surface area contributed by atoms with Gasteiger partial charge in [0.15, 0.2) is 5.78 Å². The number of phenolic OH excluding ortho intramolecular Hbond substituents is 1. The lowest BCUT2D eigenvalue weighted by Gasteiger charge is -2.23. The van der Waals surface area contributed by atoms with E-state index in [4.69, 9.17) is 9.47 Å². The number of methoxy groups -OCH3 is 1. The highest BCUT2D eigenvalue weighted by Gasteiger charge is 2.31. The standard InChI is InChI=1S/C27H34N4O7S/c1-4-6-21-23(12-11-20(17(2)32)24(21)33)38-13-5-14-39-31-27(28-16-29-31)30-25(34)22(26(35)36)15-18-7-9-19(37-3)10-8-18/h7-12,16,22,27,33H,4-6,13-15H2,1-3H3,(H,28,29)(H,30,34)(H,35,36). The van der Waals surface area contributed by atoms with Crippen molar-refractivity contribution in [2.75, 3.05) is 19.5 Å². The van der Waals surface area contributed by atoms with Gasteiger partial charge in [0, 0.05) is 11.3 Å². The van der Waals surface area contributed by atoms with E-state index in [2.05, 4.69) is 15.7 Å². The van der Waals surface area contributed by atoms with Gasteiger partial charge in [-0.2, -0.15) is 0 Å². The number of benzene rings is 2. The van der Waals surface area contributed by atoms with Crippen LogP contribution in [-0.4, -0.2) is 64.4 Å². The number of aliphatic carboxylic acids is 1. The monoisotopic (exact) mass is 558 g/mol. The fourth-order valence-corrected chi connectivity index (χ4v) is 4.76. The van der Waals surface area contributed by atoms with Crippen molar-refractivity contribution in [3.05, 3.63) is 53.1 Å². The maximum Gasteiger partial charge on any atom is 0.316 e. The molecule has 1 heterocycles. The number of Topliss-reactive ketones (excluding diaryl/α,β-unsaturated/α-hetero) is 1. The van der Waals surface area contributed by atoms with Crippen LogP contribution in [0.4, 0.5) is 0 Å². The van der Waals surface area contributed by atoms with Gasteiger partial charge in [-0.3, -0.25) is 19.8 Å². The number of aliphatic imine (C=N–C) groups is 1. The number of nitrogens with one attached hydrogen (secondary N) is 2. The fourth-order valence-electron chi connectivity index (χ4n) is 3.95. The van der Waals surface area contributed by atoms with E-state index in [0.29, 0.717) is 47.8 Å². The molecule has 4 N–H and O–H groups in total. The SMILES string of the molecule is CCCc1c(OCCCSN2NC=NC2NC(=O)C(Cc2ccc(OC)cc2)C(=O)O)ccc(C(C)=O)c1O. The fraction of sp³-hybridized carbons (Fsp3) is 0.407. The molecule has 3 rings (SSSR count). The molecule has 2 atom stereocenters. The third-order valence-electron chi connectivity index (χ3n) is 6.00. The van der Waals surface area contributed by atoms with Gasteiger partial charge in [-0.25, -0.2) is 4.99 Å². The average molecular weight is 559 g/mol. The highest BCUT2D eigenvalue weighted by atomic mass is 32.2. The molecule has 0 bridgehead atoms. The Morgan fingerprint density at radius 1 is 1.21 bits per heavy atom. The summed E-state index contributed by atoms with van der Waals surface area (Å²) in [5.41, 5.74) is 4.53. The summed E-state index contributed by atoms with van der Waals surface area (Å²) in [7, 11) is 1.54. The van der Waals surface area contributed by atoms with Gasteiger partial charge in [-0.05, 0) is 56.0 Å². The van der Waals surface area contributed by atoms with Crippen molar-refractivity contribution >= 4 is 35.9 Å². The molecule has 11 nitrogen and oxygen atoms in total. The number of rotatable bonds is 15. The molecule has 0 fully saturated rings. The van der Waals surface area contributed by atoms with Crippen LogP contribution in [0.2, 0.25) is 0 Å². The molecule has 0 saturated carbocycles. The summed E-state index contributed by atoms with van der Waals surface area (Å²) >= 11 is 1.37. The van der Waals surface area contributed by atoms with Gasteiger partial charge in [0.05, 0.1) is 19.3 Å². The first kappa shape index (κ1) is 29.8. The van der Waals surface area contributed by atoms with Crippen molar-refractivity contribution in [3.63, 3.8) is 0 Å². The van der Waals surface area contributed by atoms with Crippen molar-refractivity contribution in [2.24, 2.45) is 10.9 Å². The lowest BCUT2D eigenvalue weighted by Crippen LogP contribution is -2.48. The van der Waals surface area contributed by atoms with Crippen LogP contribution >= 0.6 is 11.9 Å². The van der Waals surface area contributed by atoms with Gasteiger partial charge in [0.1, 0.15) is 29.5 Å². The summed E-state index contributed by atoms with van der Waals surface area (Å²) in [6, 6.07) is 10.2. The zero-order valence-electron chi connectivity index (χ0n) is 22.2. The van der Waals surface area contributed by atoms with Gasteiger partial charge < -0.3 is 25.0 Å². The topological polar surface area (TPSA) is 150 Å². The largest absolute Gasteiger partial charge is 0.507 e. The predicted octanol–water partition coefficient (Wildman–Crippen LogP) is 3.16. The Labute approximate surface area is 231 Å². The number of aromatic hydroxyl groups is 1. The Balaban J connectivity index is 1.49. The molecule has 0 aliphatic carbocycles. The van der Waals surface area contributed by atoms with Crippen LogP contribution in [0.3, 0.4) is 0 Å². The molecular formula is C27H34N4O7S. The highest BCUT2D eigenvalue weighted by Crippen LogP contribution is 2.33. The maximum absolute atomic E-state index is 12.8. The molecule has 1 aliphatic heterocycles. The predicted molar refractivity (Wildman–Crippen MR) is 148 cm³/mol. The number of carboxylic acids is 1. The van der Waals surface area contributed by atoms with E-state index >= 15 is 0 Å². The van der Waals surface area contributed by atoms with Crippen LogP contribution in [0.5, 0.6) is 17.2 Å². The molecule has 1 amide bonds. The summed E-state index contributed by atoms with van der Waals surface area (Å²) in [5.74, 6) is -1.58. The first-order chi connectivity index (χ1) is 18.7. The smallest absolute Gasteiger partial charge is 0.316 e. The number of ether oxygens (including phenoxy) is 2. The number of amides is 1. The Morgan fingerprint density at radius 2 is 1.95 bits per heavy atom. The highest BCUT2D eigenvalue weighted by molar-refractivity contribution is 7.97. The maximum atomic E-state index is 12.8. The quantitative estimate of drug-likeness (QED) is 0.111. The first-order valence-corrected chi connectivity index (χ1v) is 13.5. The Kier molecular flexibility index (Phi) is 11.0. The first-order valence-electron chi connectivity index (χ1n) is 12.6. The van der Waals surface area contributed by atoms with Crippen LogP contribution in [0.15, 0.2) is 41.4 Å². The lowest BCUT2D eigenvalue weighted by atomic mass is 9.98. The van der Waals surface area contributed by atoms with E-state index in [1.54, 1.807) is 47.9 Å². The number of carbonyl (C=O) groups excluding carboxylic acids is 2. The average Bonchev–Trinajstić information content (AvgIpc) is 3.35. The minimum absolute atomic E-state index is 0.0279. The van der Waals surface area contributed by atoms with Gasteiger partial charge in [0.2, 0.25) is 12.2 Å². The van der Waals surface area contributed by atoms with E-state index in [-0.39, 0.29) is 23.5 Å². The van der Waals surface area contributed by atoms with Crippen molar-refractivity contribution in [1.29, 1.82) is 0 Å². The lowest BCUT2D eigenvalue weighted by molar-refractivity contribution is -0.147. The van der Waals surface area contributed by atoms with E-state index < -0.39 is 24.1 Å². The third-order valence-corrected chi connectivity index (χ3v) is 7.06. The van der Waals surface area contributed by atoms with Crippen LogP contribution < -0.4 is 20.2 Å². The Hall–Kier alpha value is -3.77. The molecule has 1 aliphatic rings. The number of hydrazine groups is 1. The molecule has 2 aromatic rings. The molecule has 2 aromatic carbocycles. The Bertz CT molecular complexity index is 1190. The van der Waals surface area contributed by atoms with E-state index in [9.17, 15) is 24.6 Å². The summed E-state index contributed by atoms with van der Waals surface area (Å²) in [5, 5.41) is 22.8. The van der Waals surface area contributed by atoms with Crippen LogP contribution in [0, 0.1) is 5.92 Å². The zero-order chi connectivity index (χ0) is 28.4. The van der Waals surface area contributed by atoms with Crippen LogP contribution in [0.25, 0.3) is 0 Å². The molecule has 0 aromatic heterocycles. The molecule has 0 spiro atoms. The zero-order valence-corrected chi connectivity index (χ0v) is 23.0. The number of carboxylic acid groups (broad SMARTS) is 1. The molecule has 2 unspecified atom stereocenters. The normalized spacial score (nSPS) is 15.4. The van der Waals surface area contributed by atoms with Gasteiger partial charge >= 0.3 is 5.97 Å². The number of hydrogen-bond donors (Lipinski definition) is 4. The number of hydrogen-bond acceptors (Lipinski definition) is 10. The molecule has 39 heavy (non-hydrogen) atoms. The van der Waals surface area contributed by atoms with Crippen molar-refractivity contribution in [2.45, 2.75) is 45.8 Å². The molecule has 0 radical (unpaired) electrons.